The van der Waals surface area contributed by atoms with Gasteiger partial charge in [0.1, 0.15) is 5.02 Å². The van der Waals surface area contributed by atoms with Gasteiger partial charge in [-0.3, -0.25) is 10.1 Å². The number of nitro benzene ring substituents is 1. The van der Waals surface area contributed by atoms with Gasteiger partial charge in [-0.15, -0.1) is 0 Å². The third-order valence-corrected chi connectivity index (χ3v) is 6.72. The van der Waals surface area contributed by atoms with Crippen molar-refractivity contribution in [2.45, 2.75) is 25.4 Å². The fourth-order valence-corrected chi connectivity index (χ4v) is 5.00. The number of hydrogen-bond acceptors (Lipinski definition) is 3. The maximum atomic E-state index is 13.5. The van der Waals surface area contributed by atoms with Crippen molar-refractivity contribution in [3.63, 3.8) is 0 Å². The van der Waals surface area contributed by atoms with Crippen molar-refractivity contribution in [3.8, 4) is 0 Å². The largest absolute Gasteiger partial charge is 0.356 e. The van der Waals surface area contributed by atoms with E-state index in [-0.39, 0.29) is 22.8 Å². The topological polar surface area (TPSA) is 91.3 Å². The van der Waals surface area contributed by atoms with Gasteiger partial charge in [-0.1, -0.05) is 60.1 Å². The third kappa shape index (κ3) is 3.88. The molecule has 8 heteroatoms. The summed E-state index contributed by atoms with van der Waals surface area (Å²) in [5.41, 5.74) is 4.60. The molecule has 2 heterocycles. The number of hydrogen-bond donors (Lipinski definition) is 2. The Balaban J connectivity index is 1.56. The van der Waals surface area contributed by atoms with Crippen LogP contribution in [0.2, 0.25) is 5.02 Å². The number of aromatic nitrogens is 1. The molecule has 2 N–H and O–H groups in total. The highest BCUT2D eigenvalue weighted by atomic mass is 35.5. The number of nitrogens with one attached hydrogen (secondary N) is 2. The van der Waals surface area contributed by atoms with Crippen molar-refractivity contribution >= 4 is 34.2 Å². The molecule has 0 bridgehead atoms. The molecule has 1 aliphatic heterocycles. The second-order valence-corrected chi connectivity index (χ2v) is 8.87. The van der Waals surface area contributed by atoms with E-state index in [1.807, 2.05) is 55.5 Å². The van der Waals surface area contributed by atoms with Crippen LogP contribution in [0.3, 0.4) is 0 Å². The van der Waals surface area contributed by atoms with Crippen molar-refractivity contribution in [2.24, 2.45) is 0 Å². The van der Waals surface area contributed by atoms with E-state index in [0.717, 1.165) is 27.7 Å². The van der Waals surface area contributed by atoms with Crippen molar-refractivity contribution in [3.05, 3.63) is 110 Å². The van der Waals surface area contributed by atoms with Crippen LogP contribution in [0.25, 0.3) is 10.9 Å². The molecular formula is C26H23ClN4O3. The van der Waals surface area contributed by atoms with Gasteiger partial charge in [0.05, 0.1) is 17.0 Å². The molecule has 0 aliphatic carbocycles. The van der Waals surface area contributed by atoms with Crippen LogP contribution < -0.4 is 5.32 Å². The molecular weight excluding hydrogens is 452 g/mol. The molecule has 4 aromatic rings. The fourth-order valence-electron chi connectivity index (χ4n) is 4.74. The summed E-state index contributed by atoms with van der Waals surface area (Å²) < 4.78 is 0. The predicted octanol–water partition coefficient (Wildman–Crippen LogP) is 6.15. The Hall–Kier alpha value is -3.84. The highest BCUT2D eigenvalue weighted by Crippen LogP contribution is 2.40. The number of para-hydroxylation sites is 1. The summed E-state index contributed by atoms with van der Waals surface area (Å²) in [5, 5.41) is 15.6. The summed E-state index contributed by atoms with van der Waals surface area (Å²) in [6.07, 6.45) is 0.698. The molecule has 0 spiro atoms. The predicted molar refractivity (Wildman–Crippen MR) is 132 cm³/mol. The smallest absolute Gasteiger partial charge is 0.318 e. The summed E-state index contributed by atoms with van der Waals surface area (Å²) in [4.78, 5) is 29.6. The van der Waals surface area contributed by atoms with Crippen LogP contribution in [0.1, 0.15) is 41.4 Å². The lowest BCUT2D eigenvalue weighted by molar-refractivity contribution is -0.384. The molecule has 5 rings (SSSR count). The molecule has 7 nitrogen and oxygen atoms in total. The molecule has 2 atom stereocenters. The van der Waals surface area contributed by atoms with Gasteiger partial charge >= 0.3 is 6.03 Å². The molecule has 0 radical (unpaired) electrons. The Morgan fingerprint density at radius 3 is 2.62 bits per heavy atom. The van der Waals surface area contributed by atoms with Crippen molar-refractivity contribution in [1.82, 2.24) is 15.2 Å². The molecule has 2 amide bonds. The van der Waals surface area contributed by atoms with Gasteiger partial charge in [-0.05, 0) is 48.2 Å². The third-order valence-electron chi connectivity index (χ3n) is 6.42. The standard InChI is InChI=1S/C26H23ClN4O3/c1-16(17-7-3-2-4-8-17)28-26(32)30-14-13-20-19-9-5-6-10-22(19)29-24(20)25(30)18-11-12-23(31(33)34)21(27)15-18/h2-12,15-16,25,29H,13-14H2,1H3,(H,28,32)/t16-,25?/m0/s1. The van der Waals surface area contributed by atoms with Crippen LogP contribution in [-0.2, 0) is 6.42 Å². The normalized spacial score (nSPS) is 16.2. The number of carbonyl (C=O) groups is 1. The highest BCUT2D eigenvalue weighted by Gasteiger charge is 2.35. The van der Waals surface area contributed by atoms with Crippen molar-refractivity contribution in [2.75, 3.05) is 6.54 Å². The van der Waals surface area contributed by atoms with Crippen LogP contribution >= 0.6 is 11.6 Å². The quantitative estimate of drug-likeness (QED) is 0.274. The summed E-state index contributed by atoms with van der Waals surface area (Å²) >= 11 is 6.27. The van der Waals surface area contributed by atoms with Crippen molar-refractivity contribution in [1.29, 1.82) is 0 Å². The number of urea groups is 1. The number of amides is 2. The van der Waals surface area contributed by atoms with Crippen LogP contribution in [0.5, 0.6) is 0 Å². The minimum Gasteiger partial charge on any atom is -0.356 e. The average molecular weight is 475 g/mol. The Morgan fingerprint density at radius 1 is 1.15 bits per heavy atom. The first-order valence-corrected chi connectivity index (χ1v) is 11.5. The molecule has 3 aromatic carbocycles. The van der Waals surface area contributed by atoms with Gasteiger partial charge in [0, 0.05) is 29.2 Å². The van der Waals surface area contributed by atoms with Gasteiger partial charge in [-0.25, -0.2) is 4.79 Å². The van der Waals surface area contributed by atoms with Gasteiger partial charge < -0.3 is 15.2 Å². The highest BCUT2D eigenvalue weighted by molar-refractivity contribution is 6.32. The number of halogens is 1. The number of H-pyrrole nitrogens is 1. The Bertz CT molecular complexity index is 1390. The number of nitrogens with zero attached hydrogens (tertiary/aromatic N) is 2. The molecule has 1 unspecified atom stereocenters. The van der Waals surface area contributed by atoms with E-state index < -0.39 is 11.0 Å². The minimum atomic E-state index is -0.507. The zero-order chi connectivity index (χ0) is 23.8. The number of benzene rings is 3. The second kappa shape index (κ2) is 8.83. The first kappa shape index (κ1) is 22.0. The SMILES string of the molecule is C[C@H](NC(=O)N1CCc2c([nH]c3ccccc23)C1c1ccc([N+](=O)[O-])c(Cl)c1)c1ccccc1. The number of aromatic amines is 1. The van der Waals surface area contributed by atoms with Gasteiger partial charge in [0.2, 0.25) is 0 Å². The molecule has 0 saturated carbocycles. The second-order valence-electron chi connectivity index (χ2n) is 8.46. The van der Waals surface area contributed by atoms with E-state index in [2.05, 4.69) is 16.4 Å². The van der Waals surface area contributed by atoms with Gasteiger partial charge in [-0.2, -0.15) is 0 Å². The average Bonchev–Trinajstić information content (AvgIpc) is 3.22. The first-order valence-electron chi connectivity index (χ1n) is 11.1. The van der Waals surface area contributed by atoms with Crippen LogP contribution in [0, 0.1) is 10.1 Å². The van der Waals surface area contributed by atoms with E-state index in [0.29, 0.717) is 18.5 Å². The molecule has 1 aromatic heterocycles. The molecule has 0 fully saturated rings. The minimum absolute atomic E-state index is 0.0451. The van der Waals surface area contributed by atoms with E-state index in [1.165, 1.54) is 6.07 Å². The van der Waals surface area contributed by atoms with Gasteiger partial charge in [0.25, 0.3) is 5.69 Å². The molecule has 172 valence electrons. The van der Waals surface area contributed by atoms with Crippen LogP contribution in [0.15, 0.2) is 72.8 Å². The molecule has 1 aliphatic rings. The van der Waals surface area contributed by atoms with E-state index in [1.54, 1.807) is 17.0 Å². The number of nitro groups is 1. The van der Waals surface area contributed by atoms with E-state index in [4.69, 9.17) is 11.6 Å². The summed E-state index contributed by atoms with van der Waals surface area (Å²) in [5.74, 6) is 0. The maximum absolute atomic E-state index is 13.5. The molecule has 34 heavy (non-hydrogen) atoms. The van der Waals surface area contributed by atoms with Crippen molar-refractivity contribution < 1.29 is 9.72 Å². The van der Waals surface area contributed by atoms with E-state index in [9.17, 15) is 14.9 Å². The molecule has 0 saturated heterocycles. The fraction of sp³-hybridized carbons (Fsp3) is 0.192. The first-order chi connectivity index (χ1) is 16.4. The summed E-state index contributed by atoms with van der Waals surface area (Å²) in [6.45, 7) is 2.45. The zero-order valence-electron chi connectivity index (χ0n) is 18.5. The summed E-state index contributed by atoms with van der Waals surface area (Å²) in [7, 11) is 0. The lowest BCUT2D eigenvalue weighted by atomic mass is 9.92. The monoisotopic (exact) mass is 474 g/mol. The lowest BCUT2D eigenvalue weighted by Gasteiger charge is -2.37. The summed E-state index contributed by atoms with van der Waals surface area (Å²) in [6, 6.07) is 21.6. The Morgan fingerprint density at radius 2 is 1.88 bits per heavy atom. The number of carbonyl (C=O) groups excluding carboxylic acids is 1. The van der Waals surface area contributed by atoms with E-state index >= 15 is 0 Å². The van der Waals surface area contributed by atoms with Gasteiger partial charge in [0.15, 0.2) is 0 Å². The zero-order valence-corrected chi connectivity index (χ0v) is 19.3. The lowest BCUT2D eigenvalue weighted by Crippen LogP contribution is -2.46. The Labute approximate surface area is 201 Å². The van der Waals surface area contributed by atoms with Crippen LogP contribution in [-0.4, -0.2) is 27.4 Å². The number of fused-ring (bicyclic) bond motifs is 3. The Kier molecular flexibility index (Phi) is 5.71. The maximum Gasteiger partial charge on any atom is 0.318 e. The number of rotatable bonds is 4. The van der Waals surface area contributed by atoms with Crippen LogP contribution in [0.4, 0.5) is 10.5 Å².